The maximum atomic E-state index is 12.5. The molecule has 0 saturated heterocycles. The zero-order chi connectivity index (χ0) is 18.7. The number of nitrogens with zero attached hydrogens (tertiary/aromatic N) is 3. The van der Waals surface area contributed by atoms with Crippen LogP contribution in [0.25, 0.3) is 5.69 Å². The minimum Gasteiger partial charge on any atom is -0.459 e. The summed E-state index contributed by atoms with van der Waals surface area (Å²) in [5.74, 6) is -0.736. The maximum Gasteiger partial charge on any atom is 0.338 e. The highest BCUT2D eigenvalue weighted by molar-refractivity contribution is 6.10. The Bertz CT molecular complexity index is 963. The number of esters is 1. The van der Waals surface area contributed by atoms with E-state index in [2.05, 4.69) is 10.3 Å². The average molecular weight is 350 g/mol. The first-order valence-electron chi connectivity index (χ1n) is 8.08. The smallest absolute Gasteiger partial charge is 0.338 e. The van der Waals surface area contributed by atoms with Crippen molar-refractivity contribution in [2.75, 3.05) is 5.73 Å². The van der Waals surface area contributed by atoms with E-state index >= 15 is 0 Å². The highest BCUT2D eigenvalue weighted by Crippen LogP contribution is 2.16. The van der Waals surface area contributed by atoms with Gasteiger partial charge in [0.2, 0.25) is 5.78 Å². The molecule has 0 atom stereocenters. The summed E-state index contributed by atoms with van der Waals surface area (Å²) in [6, 6.07) is 13.5. The number of benzene rings is 2. The molecule has 26 heavy (non-hydrogen) atoms. The van der Waals surface area contributed by atoms with Crippen LogP contribution in [0.3, 0.4) is 0 Å². The number of nitrogens with two attached hydrogens (primary N) is 1. The molecule has 3 rings (SSSR count). The molecule has 7 heteroatoms. The fraction of sp³-hybridized carbons (Fsp3) is 0.158. The van der Waals surface area contributed by atoms with Crippen molar-refractivity contribution >= 4 is 17.4 Å². The van der Waals surface area contributed by atoms with Gasteiger partial charge in [-0.2, -0.15) is 0 Å². The Morgan fingerprint density at radius 3 is 2.62 bits per heavy atom. The number of rotatable bonds is 5. The van der Waals surface area contributed by atoms with E-state index in [0.29, 0.717) is 22.5 Å². The molecule has 1 heterocycles. The molecule has 0 unspecified atom stereocenters. The molecule has 1 aromatic heterocycles. The zero-order valence-corrected chi connectivity index (χ0v) is 14.4. The van der Waals surface area contributed by atoms with Crippen LogP contribution in [0, 0.1) is 0 Å². The number of para-hydroxylation sites is 1. The van der Waals surface area contributed by atoms with Gasteiger partial charge in [0.05, 0.1) is 23.6 Å². The summed E-state index contributed by atoms with van der Waals surface area (Å²) in [6.07, 6.45) is 1.29. The summed E-state index contributed by atoms with van der Waals surface area (Å²) < 4.78 is 6.62. The molecule has 0 saturated carbocycles. The first-order chi connectivity index (χ1) is 12.5. The SMILES string of the molecule is CC(C)OC(=O)c1cccc(-n2cc(C(=O)c3ccccc3N)nn2)c1. The summed E-state index contributed by atoms with van der Waals surface area (Å²) in [4.78, 5) is 24.6. The second kappa shape index (κ2) is 7.18. The van der Waals surface area contributed by atoms with Gasteiger partial charge < -0.3 is 10.5 Å². The van der Waals surface area contributed by atoms with Crippen molar-refractivity contribution in [1.29, 1.82) is 0 Å². The Kier molecular flexibility index (Phi) is 4.79. The predicted octanol–water partition coefficient (Wildman–Crippen LogP) is 2.65. The van der Waals surface area contributed by atoms with E-state index in [1.165, 1.54) is 10.9 Å². The Balaban J connectivity index is 1.87. The Labute approximate surface area is 150 Å². The zero-order valence-electron chi connectivity index (χ0n) is 14.4. The van der Waals surface area contributed by atoms with Crippen LogP contribution in [0.5, 0.6) is 0 Å². The second-order valence-corrected chi connectivity index (χ2v) is 5.97. The van der Waals surface area contributed by atoms with Gasteiger partial charge in [-0.1, -0.05) is 23.4 Å². The number of carbonyl (C=O) groups is 2. The summed E-state index contributed by atoms with van der Waals surface area (Å²) >= 11 is 0. The fourth-order valence-electron chi connectivity index (χ4n) is 2.39. The molecular weight excluding hydrogens is 332 g/mol. The van der Waals surface area contributed by atoms with Crippen LogP contribution in [0.4, 0.5) is 5.69 Å². The van der Waals surface area contributed by atoms with E-state index in [4.69, 9.17) is 10.5 Å². The minimum absolute atomic E-state index is 0.165. The van der Waals surface area contributed by atoms with Crippen molar-refractivity contribution < 1.29 is 14.3 Å². The quantitative estimate of drug-likeness (QED) is 0.431. The van der Waals surface area contributed by atoms with Gasteiger partial charge in [0.1, 0.15) is 0 Å². The van der Waals surface area contributed by atoms with E-state index in [9.17, 15) is 9.59 Å². The van der Waals surface area contributed by atoms with E-state index in [0.717, 1.165) is 0 Å². The Morgan fingerprint density at radius 1 is 1.12 bits per heavy atom. The molecule has 0 radical (unpaired) electrons. The molecule has 3 aromatic rings. The van der Waals surface area contributed by atoms with Gasteiger partial charge in [-0.25, -0.2) is 9.48 Å². The van der Waals surface area contributed by atoms with Crippen LogP contribution in [0.2, 0.25) is 0 Å². The molecule has 0 aliphatic heterocycles. The molecule has 132 valence electrons. The van der Waals surface area contributed by atoms with Gasteiger partial charge in [-0.05, 0) is 44.2 Å². The molecule has 0 aliphatic rings. The van der Waals surface area contributed by atoms with Gasteiger partial charge >= 0.3 is 5.97 Å². The van der Waals surface area contributed by atoms with Crippen molar-refractivity contribution in [3.63, 3.8) is 0 Å². The lowest BCUT2D eigenvalue weighted by Gasteiger charge is -2.08. The molecule has 2 aromatic carbocycles. The Hall–Kier alpha value is -3.48. The lowest BCUT2D eigenvalue weighted by atomic mass is 10.1. The topological polar surface area (TPSA) is 100 Å². The van der Waals surface area contributed by atoms with E-state index in [1.54, 1.807) is 62.4 Å². The number of aromatic nitrogens is 3. The first kappa shape index (κ1) is 17.3. The van der Waals surface area contributed by atoms with E-state index in [1.807, 2.05) is 0 Å². The largest absolute Gasteiger partial charge is 0.459 e. The number of hydrogen-bond acceptors (Lipinski definition) is 6. The Morgan fingerprint density at radius 2 is 1.88 bits per heavy atom. The molecule has 0 aliphatic carbocycles. The fourth-order valence-corrected chi connectivity index (χ4v) is 2.39. The van der Waals surface area contributed by atoms with E-state index in [-0.39, 0.29) is 17.6 Å². The minimum atomic E-state index is -0.421. The summed E-state index contributed by atoms with van der Waals surface area (Å²) in [6.45, 7) is 3.57. The lowest BCUT2D eigenvalue weighted by molar-refractivity contribution is 0.0377. The summed E-state index contributed by atoms with van der Waals surface area (Å²) in [5.41, 5.74) is 7.75. The number of hydrogen-bond donors (Lipinski definition) is 1. The molecular formula is C19H18N4O3. The molecule has 0 amide bonds. The number of carbonyl (C=O) groups excluding carboxylic acids is 2. The van der Waals surface area contributed by atoms with Crippen LogP contribution >= 0.6 is 0 Å². The van der Waals surface area contributed by atoms with Crippen LogP contribution in [-0.2, 0) is 4.74 Å². The maximum absolute atomic E-state index is 12.5. The highest BCUT2D eigenvalue weighted by atomic mass is 16.5. The standard InChI is InChI=1S/C19H18N4O3/c1-12(2)26-19(25)13-6-5-7-14(10-13)23-11-17(21-22-23)18(24)15-8-3-4-9-16(15)20/h3-12H,20H2,1-2H3. The average Bonchev–Trinajstić information content (AvgIpc) is 3.11. The number of anilines is 1. The predicted molar refractivity (Wildman–Crippen MR) is 96.2 cm³/mol. The third-order valence-corrected chi connectivity index (χ3v) is 3.62. The second-order valence-electron chi connectivity index (χ2n) is 5.97. The van der Waals surface area contributed by atoms with E-state index < -0.39 is 5.97 Å². The van der Waals surface area contributed by atoms with Crippen molar-refractivity contribution in [1.82, 2.24) is 15.0 Å². The number of ether oxygens (including phenoxy) is 1. The van der Waals surface area contributed by atoms with Crippen molar-refractivity contribution in [2.24, 2.45) is 0 Å². The molecule has 7 nitrogen and oxygen atoms in total. The van der Waals surface area contributed by atoms with Crippen molar-refractivity contribution in [3.05, 3.63) is 71.5 Å². The van der Waals surface area contributed by atoms with Gasteiger partial charge in [0.25, 0.3) is 0 Å². The third-order valence-electron chi connectivity index (χ3n) is 3.62. The van der Waals surface area contributed by atoms with Crippen molar-refractivity contribution in [3.8, 4) is 5.69 Å². The molecule has 0 spiro atoms. The highest BCUT2D eigenvalue weighted by Gasteiger charge is 2.17. The van der Waals surface area contributed by atoms with Gasteiger partial charge in [-0.3, -0.25) is 4.79 Å². The van der Waals surface area contributed by atoms with Gasteiger partial charge in [0, 0.05) is 11.3 Å². The van der Waals surface area contributed by atoms with Crippen LogP contribution in [0.1, 0.15) is 40.3 Å². The normalized spacial score (nSPS) is 10.7. The summed E-state index contributed by atoms with van der Waals surface area (Å²) in [7, 11) is 0. The van der Waals surface area contributed by atoms with Gasteiger partial charge in [-0.15, -0.1) is 5.10 Å². The van der Waals surface area contributed by atoms with Crippen molar-refractivity contribution in [2.45, 2.75) is 20.0 Å². The lowest BCUT2D eigenvalue weighted by Crippen LogP contribution is -2.12. The van der Waals surface area contributed by atoms with Crippen LogP contribution < -0.4 is 5.73 Å². The molecule has 2 N–H and O–H groups in total. The molecule has 0 bridgehead atoms. The van der Waals surface area contributed by atoms with Crippen LogP contribution in [0.15, 0.2) is 54.7 Å². The monoisotopic (exact) mass is 350 g/mol. The first-order valence-corrected chi connectivity index (χ1v) is 8.08. The summed E-state index contributed by atoms with van der Waals surface area (Å²) in [5, 5.41) is 7.90. The number of nitrogen functional groups attached to an aromatic ring is 1. The number of ketones is 1. The van der Waals surface area contributed by atoms with Gasteiger partial charge in [0.15, 0.2) is 5.69 Å². The molecule has 0 fully saturated rings. The van der Waals surface area contributed by atoms with Crippen LogP contribution in [-0.4, -0.2) is 32.9 Å². The third kappa shape index (κ3) is 3.61.